The molecule has 1 aromatic carbocycles. The summed E-state index contributed by atoms with van der Waals surface area (Å²) >= 11 is 11.3. The van der Waals surface area contributed by atoms with E-state index >= 15 is 0 Å². The monoisotopic (exact) mass is 310 g/mol. The van der Waals surface area contributed by atoms with Crippen molar-refractivity contribution in [2.24, 2.45) is 0 Å². The molecule has 0 N–H and O–H groups in total. The predicted octanol–water partition coefficient (Wildman–Crippen LogP) is 2.77. The molecule has 20 heavy (non-hydrogen) atoms. The van der Waals surface area contributed by atoms with Crippen molar-refractivity contribution >= 4 is 40.9 Å². The number of ether oxygens (including phenoxy) is 1. The number of nitrogens with zero attached hydrogens (tertiary/aromatic N) is 2. The average Bonchev–Trinajstić information content (AvgIpc) is 2.63. The average molecular weight is 311 g/mol. The van der Waals surface area contributed by atoms with Crippen LogP contribution in [0.15, 0.2) is 23.9 Å². The molecule has 2 rings (SSSR count). The van der Waals surface area contributed by atoms with Gasteiger partial charge in [0.1, 0.15) is 11.4 Å². The number of amides is 1. The van der Waals surface area contributed by atoms with Gasteiger partial charge in [0.25, 0.3) is 5.91 Å². The molecule has 1 aliphatic heterocycles. The first-order valence-corrected chi connectivity index (χ1v) is 6.93. The minimum atomic E-state index is -0.0908. The molecule has 0 atom stereocenters. The van der Waals surface area contributed by atoms with Crippen LogP contribution in [0, 0.1) is 0 Å². The van der Waals surface area contributed by atoms with E-state index in [0.29, 0.717) is 28.1 Å². The molecule has 0 radical (unpaired) electrons. The lowest BCUT2D eigenvalue weighted by Gasteiger charge is -2.13. The molecule has 1 heterocycles. The second kappa shape index (κ2) is 5.81. The van der Waals surface area contributed by atoms with Crippen molar-refractivity contribution in [2.45, 2.75) is 6.92 Å². The lowest BCUT2D eigenvalue weighted by Crippen LogP contribution is -2.30. The summed E-state index contributed by atoms with van der Waals surface area (Å²) in [5.74, 6) is 0.512. The highest BCUT2D eigenvalue weighted by Gasteiger charge is 2.34. The molecule has 1 aromatic rings. The van der Waals surface area contributed by atoms with Crippen LogP contribution >= 0.6 is 23.8 Å². The largest absolute Gasteiger partial charge is 0.495 e. The van der Waals surface area contributed by atoms with Crippen molar-refractivity contribution in [3.05, 3.63) is 34.5 Å². The maximum absolute atomic E-state index is 12.2. The summed E-state index contributed by atoms with van der Waals surface area (Å²) in [4.78, 5) is 15.5. The first-order chi connectivity index (χ1) is 9.49. The maximum Gasteiger partial charge on any atom is 0.276 e. The minimum Gasteiger partial charge on any atom is -0.495 e. The van der Waals surface area contributed by atoms with Crippen LogP contribution in [0.5, 0.6) is 5.75 Å². The molecular formula is C14H15ClN2O2S. The molecule has 0 spiro atoms. The van der Waals surface area contributed by atoms with Gasteiger partial charge in [-0.05, 0) is 42.9 Å². The van der Waals surface area contributed by atoms with Crippen molar-refractivity contribution in [3.63, 3.8) is 0 Å². The lowest BCUT2D eigenvalue weighted by atomic mass is 10.1. The Kier molecular flexibility index (Phi) is 4.30. The Hall–Kier alpha value is -1.59. The van der Waals surface area contributed by atoms with Crippen molar-refractivity contribution < 1.29 is 9.53 Å². The van der Waals surface area contributed by atoms with Gasteiger partial charge in [0.05, 0.1) is 12.1 Å². The Balaban J connectivity index is 2.38. The minimum absolute atomic E-state index is 0.0908. The molecule has 106 valence electrons. The van der Waals surface area contributed by atoms with Crippen LogP contribution in [0.2, 0.25) is 5.02 Å². The third kappa shape index (κ3) is 2.51. The smallest absolute Gasteiger partial charge is 0.276 e. The Bertz CT molecular complexity index is 601. The molecule has 4 nitrogen and oxygen atoms in total. The van der Waals surface area contributed by atoms with Crippen LogP contribution in [0.25, 0.3) is 6.08 Å². The molecule has 0 bridgehead atoms. The SMILES string of the molecule is CCN1C(=O)/C(=C\c2ccc(OC)c(Cl)c2)N(C)C1=S. The lowest BCUT2D eigenvalue weighted by molar-refractivity contribution is -0.122. The summed E-state index contributed by atoms with van der Waals surface area (Å²) in [6.45, 7) is 2.45. The number of carbonyl (C=O) groups excluding carboxylic acids is 1. The second-order valence-electron chi connectivity index (χ2n) is 4.31. The van der Waals surface area contributed by atoms with E-state index in [0.717, 1.165) is 5.56 Å². The number of rotatable bonds is 3. The van der Waals surface area contributed by atoms with E-state index < -0.39 is 0 Å². The molecule has 0 unspecified atom stereocenters. The molecule has 1 amide bonds. The number of thiocarbonyl (C=S) groups is 1. The van der Waals surface area contributed by atoms with Crippen molar-refractivity contribution in [2.75, 3.05) is 20.7 Å². The third-order valence-electron chi connectivity index (χ3n) is 3.14. The highest BCUT2D eigenvalue weighted by atomic mass is 35.5. The van der Waals surface area contributed by atoms with E-state index in [2.05, 4.69) is 0 Å². The topological polar surface area (TPSA) is 32.8 Å². The summed E-state index contributed by atoms with van der Waals surface area (Å²) in [7, 11) is 3.35. The van der Waals surface area contributed by atoms with E-state index in [1.165, 1.54) is 0 Å². The standard InChI is InChI=1S/C14H15ClN2O2S/c1-4-17-13(18)11(16(2)14(17)20)8-9-5-6-12(19-3)10(15)7-9/h5-8H,4H2,1-3H3/b11-8+. The van der Waals surface area contributed by atoms with Crippen LogP contribution in [-0.2, 0) is 4.79 Å². The van der Waals surface area contributed by atoms with Crippen molar-refractivity contribution in [3.8, 4) is 5.75 Å². The van der Waals surface area contributed by atoms with E-state index in [1.54, 1.807) is 42.2 Å². The Morgan fingerprint density at radius 1 is 1.45 bits per heavy atom. The number of likely N-dealkylation sites (N-methyl/N-ethyl adjacent to an activating group) is 2. The molecule has 1 saturated heterocycles. The van der Waals surface area contributed by atoms with Gasteiger partial charge < -0.3 is 9.64 Å². The third-order valence-corrected chi connectivity index (χ3v) is 3.93. The van der Waals surface area contributed by atoms with E-state index in [-0.39, 0.29) is 5.91 Å². The summed E-state index contributed by atoms with van der Waals surface area (Å²) in [5.41, 5.74) is 1.37. The fourth-order valence-electron chi connectivity index (χ4n) is 2.02. The normalized spacial score (nSPS) is 17.3. The summed E-state index contributed by atoms with van der Waals surface area (Å²) in [5, 5.41) is 1.02. The van der Waals surface area contributed by atoms with Gasteiger partial charge in [-0.2, -0.15) is 0 Å². The summed E-state index contributed by atoms with van der Waals surface area (Å²) < 4.78 is 5.10. The molecular weight excluding hydrogens is 296 g/mol. The van der Waals surface area contributed by atoms with Gasteiger partial charge in [0, 0.05) is 13.6 Å². The zero-order valence-corrected chi connectivity index (χ0v) is 13.1. The van der Waals surface area contributed by atoms with Gasteiger partial charge in [-0.15, -0.1) is 0 Å². The molecule has 1 aliphatic rings. The number of carbonyl (C=O) groups is 1. The van der Waals surface area contributed by atoms with Crippen LogP contribution in [0.4, 0.5) is 0 Å². The van der Waals surface area contributed by atoms with E-state index in [9.17, 15) is 4.79 Å². The highest BCUT2D eigenvalue weighted by Crippen LogP contribution is 2.27. The Labute approximate surface area is 128 Å². The van der Waals surface area contributed by atoms with Gasteiger partial charge in [0.15, 0.2) is 5.11 Å². The van der Waals surface area contributed by atoms with Crippen LogP contribution in [0.1, 0.15) is 12.5 Å². The predicted molar refractivity (Wildman–Crippen MR) is 83.7 cm³/mol. The molecule has 0 aromatic heterocycles. The van der Waals surface area contributed by atoms with Gasteiger partial charge in [-0.1, -0.05) is 17.7 Å². The van der Waals surface area contributed by atoms with Crippen LogP contribution < -0.4 is 4.74 Å². The maximum atomic E-state index is 12.2. The van der Waals surface area contributed by atoms with E-state index in [1.807, 2.05) is 13.0 Å². The fourth-order valence-corrected chi connectivity index (χ4v) is 2.60. The quantitative estimate of drug-likeness (QED) is 0.635. The Morgan fingerprint density at radius 3 is 2.65 bits per heavy atom. The molecule has 1 fully saturated rings. The van der Waals surface area contributed by atoms with Gasteiger partial charge in [-0.3, -0.25) is 9.69 Å². The highest BCUT2D eigenvalue weighted by molar-refractivity contribution is 7.80. The number of benzene rings is 1. The number of methoxy groups -OCH3 is 1. The van der Waals surface area contributed by atoms with Gasteiger partial charge >= 0.3 is 0 Å². The Morgan fingerprint density at radius 2 is 2.15 bits per heavy atom. The zero-order chi connectivity index (χ0) is 14.9. The summed E-state index contributed by atoms with van der Waals surface area (Å²) in [6, 6.07) is 5.37. The van der Waals surface area contributed by atoms with Crippen molar-refractivity contribution in [1.82, 2.24) is 9.80 Å². The van der Waals surface area contributed by atoms with Crippen LogP contribution in [-0.4, -0.2) is 41.5 Å². The van der Waals surface area contributed by atoms with Crippen LogP contribution in [0.3, 0.4) is 0 Å². The van der Waals surface area contributed by atoms with Gasteiger partial charge in [-0.25, -0.2) is 0 Å². The zero-order valence-electron chi connectivity index (χ0n) is 11.5. The summed E-state index contributed by atoms with van der Waals surface area (Å²) in [6.07, 6.45) is 1.77. The van der Waals surface area contributed by atoms with Crippen molar-refractivity contribution in [1.29, 1.82) is 0 Å². The number of hydrogen-bond acceptors (Lipinski definition) is 3. The van der Waals surface area contributed by atoms with Gasteiger partial charge in [0.2, 0.25) is 0 Å². The first kappa shape index (κ1) is 14.8. The number of hydrogen-bond donors (Lipinski definition) is 0. The molecule has 0 aliphatic carbocycles. The first-order valence-electron chi connectivity index (χ1n) is 6.14. The second-order valence-corrected chi connectivity index (χ2v) is 5.09. The van der Waals surface area contributed by atoms with E-state index in [4.69, 9.17) is 28.6 Å². The molecule has 0 saturated carbocycles. The fraction of sp³-hybridized carbons (Fsp3) is 0.286. The molecule has 6 heteroatoms. The number of halogens is 1.